The fraction of sp³-hybridized carbons (Fsp3) is 0.308. The van der Waals surface area contributed by atoms with Crippen molar-refractivity contribution in [2.75, 3.05) is 7.11 Å². The van der Waals surface area contributed by atoms with E-state index < -0.39 is 0 Å². The second-order valence-electron chi connectivity index (χ2n) is 3.40. The van der Waals surface area contributed by atoms with Gasteiger partial charge in [0.25, 0.3) is 0 Å². The van der Waals surface area contributed by atoms with E-state index in [4.69, 9.17) is 9.47 Å². The Bertz CT molecular complexity index is 394. The van der Waals surface area contributed by atoms with Crippen molar-refractivity contribution < 1.29 is 14.3 Å². The molecule has 1 aromatic rings. The molecule has 0 fully saturated rings. The van der Waals surface area contributed by atoms with E-state index in [2.05, 4.69) is 0 Å². The maximum absolute atomic E-state index is 11.4. The van der Waals surface area contributed by atoms with Gasteiger partial charge < -0.3 is 9.47 Å². The molecule has 86 valence electrons. The maximum atomic E-state index is 11.4. The first-order chi connectivity index (χ1) is 7.67. The molecule has 1 aromatic carbocycles. The molecule has 1 rings (SSSR count). The van der Waals surface area contributed by atoms with E-state index in [9.17, 15) is 4.79 Å². The first kappa shape index (κ1) is 12.3. The van der Waals surface area contributed by atoms with E-state index in [1.165, 1.54) is 0 Å². The van der Waals surface area contributed by atoms with Gasteiger partial charge in [-0.2, -0.15) is 0 Å². The van der Waals surface area contributed by atoms with E-state index in [0.29, 0.717) is 5.57 Å². The number of rotatable bonds is 4. The minimum atomic E-state index is -0.287. The van der Waals surface area contributed by atoms with E-state index in [1.54, 1.807) is 20.1 Å². The zero-order valence-corrected chi connectivity index (χ0v) is 9.82. The maximum Gasteiger partial charge on any atom is 0.333 e. The molecule has 0 bridgehead atoms. The molecule has 3 nitrogen and oxygen atoms in total. The van der Waals surface area contributed by atoms with Crippen LogP contribution in [0.1, 0.15) is 19.4 Å². The van der Waals surface area contributed by atoms with Crippen LogP contribution in [0.25, 0.3) is 0 Å². The van der Waals surface area contributed by atoms with Gasteiger partial charge in [-0.3, -0.25) is 0 Å². The molecule has 0 heterocycles. The van der Waals surface area contributed by atoms with Gasteiger partial charge in [0.2, 0.25) is 0 Å². The second-order valence-corrected chi connectivity index (χ2v) is 3.40. The van der Waals surface area contributed by atoms with Crippen LogP contribution in [-0.2, 0) is 16.1 Å². The lowest BCUT2D eigenvalue weighted by atomic mass is 10.2. The lowest BCUT2D eigenvalue weighted by Gasteiger charge is -2.06. The van der Waals surface area contributed by atoms with E-state index in [1.807, 2.05) is 31.2 Å². The van der Waals surface area contributed by atoms with Gasteiger partial charge in [0.05, 0.1) is 7.11 Å². The zero-order valence-electron chi connectivity index (χ0n) is 9.82. The van der Waals surface area contributed by atoms with Crippen molar-refractivity contribution >= 4 is 5.97 Å². The van der Waals surface area contributed by atoms with Crippen LogP contribution in [0, 0.1) is 0 Å². The molecule has 0 aliphatic carbocycles. The summed E-state index contributed by atoms with van der Waals surface area (Å²) in [6.07, 6.45) is 1.73. The number of carbonyl (C=O) groups excluding carboxylic acids is 1. The minimum absolute atomic E-state index is 0.265. The third kappa shape index (κ3) is 3.42. The predicted octanol–water partition coefficient (Wildman–Crippen LogP) is 2.70. The summed E-state index contributed by atoms with van der Waals surface area (Å²) in [7, 11) is 1.61. The van der Waals surface area contributed by atoms with Crippen LogP contribution in [0.2, 0.25) is 0 Å². The average Bonchev–Trinajstić information content (AvgIpc) is 2.35. The van der Waals surface area contributed by atoms with Gasteiger partial charge in [-0.05, 0) is 31.5 Å². The highest BCUT2D eigenvalue weighted by Crippen LogP contribution is 2.13. The molecule has 0 N–H and O–H groups in total. The Labute approximate surface area is 95.7 Å². The molecule has 0 aromatic heterocycles. The van der Waals surface area contributed by atoms with Crippen molar-refractivity contribution in [1.29, 1.82) is 0 Å². The van der Waals surface area contributed by atoms with Crippen LogP contribution in [0.15, 0.2) is 35.9 Å². The first-order valence-electron chi connectivity index (χ1n) is 5.10. The standard InChI is InChI=1S/C13H16O3/c1-4-10(2)13(14)16-9-11-6-5-7-12(8-11)15-3/h4-8H,9H2,1-3H3/b10-4+. The minimum Gasteiger partial charge on any atom is -0.497 e. The number of benzene rings is 1. The normalized spacial score (nSPS) is 11.1. The number of methoxy groups -OCH3 is 1. The summed E-state index contributed by atoms with van der Waals surface area (Å²) >= 11 is 0. The van der Waals surface area contributed by atoms with E-state index >= 15 is 0 Å². The quantitative estimate of drug-likeness (QED) is 0.578. The van der Waals surface area contributed by atoms with Crippen LogP contribution in [0.3, 0.4) is 0 Å². The van der Waals surface area contributed by atoms with Crippen molar-refractivity contribution in [3.8, 4) is 5.75 Å². The highest BCUT2D eigenvalue weighted by Gasteiger charge is 2.05. The highest BCUT2D eigenvalue weighted by molar-refractivity contribution is 5.87. The Morgan fingerprint density at radius 3 is 2.81 bits per heavy atom. The molecule has 0 spiro atoms. The summed E-state index contributed by atoms with van der Waals surface area (Å²) in [5, 5.41) is 0. The molecule has 0 saturated heterocycles. The number of ether oxygens (including phenoxy) is 2. The number of hydrogen-bond donors (Lipinski definition) is 0. The summed E-state index contributed by atoms with van der Waals surface area (Å²) in [4.78, 5) is 11.4. The van der Waals surface area contributed by atoms with E-state index in [0.717, 1.165) is 11.3 Å². The van der Waals surface area contributed by atoms with Gasteiger partial charge in [0.1, 0.15) is 12.4 Å². The summed E-state index contributed by atoms with van der Waals surface area (Å²) in [6, 6.07) is 7.45. The molecular formula is C13H16O3. The zero-order chi connectivity index (χ0) is 12.0. The monoisotopic (exact) mass is 220 g/mol. The smallest absolute Gasteiger partial charge is 0.333 e. The number of carbonyl (C=O) groups is 1. The van der Waals surface area contributed by atoms with Gasteiger partial charge >= 0.3 is 5.97 Å². The molecule has 0 aliphatic heterocycles. The molecule has 0 radical (unpaired) electrons. The Balaban J connectivity index is 2.58. The van der Waals surface area contributed by atoms with Crippen molar-refractivity contribution in [3.05, 3.63) is 41.5 Å². The Hall–Kier alpha value is -1.77. The van der Waals surface area contributed by atoms with Crippen molar-refractivity contribution in [2.24, 2.45) is 0 Å². The molecule has 0 atom stereocenters. The predicted molar refractivity (Wildman–Crippen MR) is 62.2 cm³/mol. The molecule has 16 heavy (non-hydrogen) atoms. The van der Waals surface area contributed by atoms with Gasteiger partial charge in [-0.1, -0.05) is 18.2 Å². The van der Waals surface area contributed by atoms with Crippen LogP contribution >= 0.6 is 0 Å². The molecule has 0 aliphatic rings. The van der Waals surface area contributed by atoms with Gasteiger partial charge in [0, 0.05) is 5.57 Å². The lowest BCUT2D eigenvalue weighted by Crippen LogP contribution is -2.05. The number of hydrogen-bond acceptors (Lipinski definition) is 3. The largest absolute Gasteiger partial charge is 0.497 e. The Morgan fingerprint density at radius 2 is 2.19 bits per heavy atom. The molecule has 0 unspecified atom stereocenters. The number of esters is 1. The summed E-state index contributed by atoms with van der Waals surface area (Å²) < 4.78 is 10.2. The molecule has 0 amide bonds. The summed E-state index contributed by atoms with van der Waals surface area (Å²) in [5.41, 5.74) is 1.53. The lowest BCUT2D eigenvalue weighted by molar-refractivity contribution is -0.140. The van der Waals surface area contributed by atoms with Crippen LogP contribution in [-0.4, -0.2) is 13.1 Å². The van der Waals surface area contributed by atoms with Crippen LogP contribution in [0.5, 0.6) is 5.75 Å². The second kappa shape index (κ2) is 5.95. The van der Waals surface area contributed by atoms with Crippen LogP contribution < -0.4 is 4.74 Å². The van der Waals surface area contributed by atoms with Gasteiger partial charge in [-0.15, -0.1) is 0 Å². The van der Waals surface area contributed by atoms with Crippen LogP contribution in [0.4, 0.5) is 0 Å². The van der Waals surface area contributed by atoms with Crippen molar-refractivity contribution in [1.82, 2.24) is 0 Å². The molecule has 3 heteroatoms. The third-order valence-corrected chi connectivity index (χ3v) is 2.26. The Kier molecular flexibility index (Phi) is 4.58. The van der Waals surface area contributed by atoms with Gasteiger partial charge in [-0.25, -0.2) is 4.79 Å². The van der Waals surface area contributed by atoms with E-state index in [-0.39, 0.29) is 12.6 Å². The fourth-order valence-corrected chi connectivity index (χ4v) is 1.14. The Morgan fingerprint density at radius 1 is 1.44 bits per heavy atom. The number of allylic oxidation sites excluding steroid dienone is 1. The topological polar surface area (TPSA) is 35.5 Å². The van der Waals surface area contributed by atoms with Crippen molar-refractivity contribution in [2.45, 2.75) is 20.5 Å². The average molecular weight is 220 g/mol. The summed E-state index contributed by atoms with van der Waals surface area (Å²) in [5.74, 6) is 0.474. The van der Waals surface area contributed by atoms with Gasteiger partial charge in [0.15, 0.2) is 0 Å². The first-order valence-corrected chi connectivity index (χ1v) is 5.10. The fourth-order valence-electron chi connectivity index (χ4n) is 1.14. The third-order valence-electron chi connectivity index (χ3n) is 2.26. The van der Waals surface area contributed by atoms with Crippen molar-refractivity contribution in [3.63, 3.8) is 0 Å². The summed E-state index contributed by atoms with van der Waals surface area (Å²) in [6.45, 7) is 3.80. The highest BCUT2D eigenvalue weighted by atomic mass is 16.5. The molecule has 0 saturated carbocycles. The molecular weight excluding hydrogens is 204 g/mol. The SMILES string of the molecule is C/C=C(\C)C(=O)OCc1cccc(OC)c1.